The molecule has 0 atom stereocenters. The summed E-state index contributed by atoms with van der Waals surface area (Å²) in [5.41, 5.74) is 1.13. The lowest BCUT2D eigenvalue weighted by molar-refractivity contribution is -0.151. The van der Waals surface area contributed by atoms with Crippen LogP contribution in [0, 0.1) is 0 Å². The van der Waals surface area contributed by atoms with Gasteiger partial charge in [-0.1, -0.05) is 22.5 Å². The highest BCUT2D eigenvalue weighted by molar-refractivity contribution is 9.11. The van der Waals surface area contributed by atoms with E-state index < -0.39 is 5.97 Å². The Morgan fingerprint density at radius 1 is 1.47 bits per heavy atom. The predicted molar refractivity (Wildman–Crippen MR) is 61.8 cm³/mol. The maximum atomic E-state index is 11.2. The minimum Gasteiger partial charge on any atom is -0.433 e. The van der Waals surface area contributed by atoms with Gasteiger partial charge >= 0.3 is 5.97 Å². The van der Waals surface area contributed by atoms with Crippen molar-refractivity contribution in [1.29, 1.82) is 0 Å². The molecule has 0 aliphatic carbocycles. The molecule has 0 aromatic rings. The number of carbonyl (C=O) groups is 1. The van der Waals surface area contributed by atoms with Crippen molar-refractivity contribution in [2.75, 3.05) is 6.79 Å². The van der Waals surface area contributed by atoms with Gasteiger partial charge in [0.1, 0.15) is 0 Å². The van der Waals surface area contributed by atoms with Crippen molar-refractivity contribution in [2.24, 2.45) is 5.90 Å². The van der Waals surface area contributed by atoms with E-state index in [4.69, 9.17) is 5.90 Å². The molecule has 0 rings (SSSR count). The Morgan fingerprint density at radius 3 is 2.53 bits per heavy atom. The number of halogens is 1. The number of esters is 1. The standard InChI is InChI=1S/C10H14BrNO3/c1-7(5-9(3)11)4-8(2)10(13)14-6-15-12/h4-5H,1,6,12H2,2-3H3/b8-4+,9-5+. The van der Waals surface area contributed by atoms with Crippen LogP contribution in [0.5, 0.6) is 0 Å². The lowest BCUT2D eigenvalue weighted by atomic mass is 10.2. The van der Waals surface area contributed by atoms with E-state index in [2.05, 4.69) is 32.1 Å². The lowest BCUT2D eigenvalue weighted by Gasteiger charge is -2.02. The second-order valence-electron chi connectivity index (χ2n) is 2.85. The molecule has 0 aliphatic heterocycles. The summed E-state index contributed by atoms with van der Waals surface area (Å²) in [5, 5.41) is 0. The highest BCUT2D eigenvalue weighted by atomic mass is 79.9. The molecule has 0 aliphatic rings. The monoisotopic (exact) mass is 275 g/mol. The number of rotatable bonds is 5. The Labute approximate surface area is 97.5 Å². The van der Waals surface area contributed by atoms with E-state index in [1.54, 1.807) is 19.1 Å². The third-order valence-electron chi connectivity index (χ3n) is 1.37. The molecular weight excluding hydrogens is 262 g/mol. The zero-order chi connectivity index (χ0) is 11.8. The first-order valence-corrected chi connectivity index (χ1v) is 4.96. The van der Waals surface area contributed by atoms with Gasteiger partial charge in [0, 0.05) is 5.57 Å². The highest BCUT2D eigenvalue weighted by Crippen LogP contribution is 2.10. The SMILES string of the molecule is C=C(/C=C(\C)Br)/C=C(\C)C(=O)OCON. The number of hydrogen-bond donors (Lipinski definition) is 1. The van der Waals surface area contributed by atoms with Gasteiger partial charge in [-0.25, -0.2) is 10.7 Å². The lowest BCUT2D eigenvalue weighted by Crippen LogP contribution is -2.12. The first kappa shape index (κ1) is 14.1. The van der Waals surface area contributed by atoms with Crippen molar-refractivity contribution >= 4 is 21.9 Å². The van der Waals surface area contributed by atoms with Crippen LogP contribution in [0.15, 0.2) is 34.4 Å². The molecule has 5 heteroatoms. The van der Waals surface area contributed by atoms with E-state index >= 15 is 0 Å². The third kappa shape index (κ3) is 7.07. The fourth-order valence-corrected chi connectivity index (χ4v) is 1.13. The molecule has 0 saturated heterocycles. The zero-order valence-electron chi connectivity index (χ0n) is 8.75. The summed E-state index contributed by atoms with van der Waals surface area (Å²) < 4.78 is 5.56. The summed E-state index contributed by atoms with van der Waals surface area (Å²) in [6.07, 6.45) is 3.40. The van der Waals surface area contributed by atoms with Crippen molar-refractivity contribution < 1.29 is 14.4 Å². The molecular formula is C10H14BrNO3. The van der Waals surface area contributed by atoms with Crippen molar-refractivity contribution in [3.05, 3.63) is 34.4 Å². The highest BCUT2D eigenvalue weighted by Gasteiger charge is 2.04. The Balaban J connectivity index is 4.36. The predicted octanol–water partition coefficient (Wildman–Crippen LogP) is 2.18. The summed E-state index contributed by atoms with van der Waals surface area (Å²) >= 11 is 3.26. The van der Waals surface area contributed by atoms with Gasteiger partial charge in [-0.15, -0.1) is 0 Å². The quantitative estimate of drug-likeness (QED) is 0.275. The number of hydrogen-bond acceptors (Lipinski definition) is 4. The molecule has 0 aromatic heterocycles. The summed E-state index contributed by atoms with van der Waals surface area (Å²) in [6, 6.07) is 0. The van der Waals surface area contributed by atoms with Crippen LogP contribution in [0.4, 0.5) is 0 Å². The second kappa shape index (κ2) is 7.39. The van der Waals surface area contributed by atoms with Crippen LogP contribution >= 0.6 is 15.9 Å². The zero-order valence-corrected chi connectivity index (χ0v) is 10.3. The van der Waals surface area contributed by atoms with Crippen molar-refractivity contribution in [3.8, 4) is 0 Å². The Bertz CT molecular complexity index is 304. The molecule has 0 aromatic carbocycles. The van der Waals surface area contributed by atoms with Crippen LogP contribution in [0.25, 0.3) is 0 Å². The second-order valence-corrected chi connectivity index (χ2v) is 4.10. The average Bonchev–Trinajstić information content (AvgIpc) is 2.12. The van der Waals surface area contributed by atoms with Gasteiger partial charge in [0.2, 0.25) is 6.79 Å². The van der Waals surface area contributed by atoms with E-state index in [1.807, 2.05) is 6.92 Å². The largest absolute Gasteiger partial charge is 0.433 e. The smallest absolute Gasteiger partial charge is 0.335 e. The number of allylic oxidation sites excluding steroid dienone is 4. The first-order valence-electron chi connectivity index (χ1n) is 4.17. The fourth-order valence-electron chi connectivity index (χ4n) is 0.836. The normalized spacial score (nSPS) is 12.5. The maximum absolute atomic E-state index is 11.2. The van der Waals surface area contributed by atoms with Crippen LogP contribution in [-0.2, 0) is 14.4 Å². The molecule has 0 saturated carbocycles. The van der Waals surface area contributed by atoms with Crippen molar-refractivity contribution in [2.45, 2.75) is 13.8 Å². The first-order chi connectivity index (χ1) is 6.97. The van der Waals surface area contributed by atoms with Gasteiger partial charge in [-0.3, -0.25) is 4.84 Å². The summed E-state index contributed by atoms with van der Waals surface area (Å²) in [7, 11) is 0. The van der Waals surface area contributed by atoms with Crippen LogP contribution in [0.3, 0.4) is 0 Å². The molecule has 0 heterocycles. The molecule has 0 bridgehead atoms. The molecule has 0 radical (unpaired) electrons. The van der Waals surface area contributed by atoms with Crippen LogP contribution in [0.1, 0.15) is 13.8 Å². The summed E-state index contributed by atoms with van der Waals surface area (Å²) in [5.74, 6) is 4.23. The van der Waals surface area contributed by atoms with Gasteiger partial charge in [0.25, 0.3) is 0 Å². The van der Waals surface area contributed by atoms with E-state index in [9.17, 15) is 4.79 Å². The van der Waals surface area contributed by atoms with E-state index in [1.165, 1.54) is 0 Å². The van der Waals surface area contributed by atoms with Crippen LogP contribution in [0.2, 0.25) is 0 Å². The molecule has 0 spiro atoms. The van der Waals surface area contributed by atoms with Gasteiger partial charge in [-0.05, 0) is 36.1 Å². The Morgan fingerprint density at radius 2 is 2.07 bits per heavy atom. The fraction of sp³-hybridized carbons (Fsp3) is 0.300. The van der Waals surface area contributed by atoms with Gasteiger partial charge in [0.05, 0.1) is 0 Å². The van der Waals surface area contributed by atoms with Gasteiger partial charge < -0.3 is 4.74 Å². The molecule has 84 valence electrons. The Hall–Kier alpha value is -0.910. The Kier molecular flexibility index (Phi) is 6.94. The van der Waals surface area contributed by atoms with Gasteiger partial charge in [-0.2, -0.15) is 0 Å². The van der Waals surface area contributed by atoms with Crippen molar-refractivity contribution in [1.82, 2.24) is 0 Å². The minimum atomic E-state index is -0.484. The van der Waals surface area contributed by atoms with Crippen LogP contribution in [-0.4, -0.2) is 12.8 Å². The minimum absolute atomic E-state index is 0.260. The average molecular weight is 276 g/mol. The molecule has 0 unspecified atom stereocenters. The van der Waals surface area contributed by atoms with Crippen LogP contribution < -0.4 is 5.90 Å². The maximum Gasteiger partial charge on any atom is 0.335 e. The number of ether oxygens (including phenoxy) is 1. The molecule has 0 amide bonds. The number of nitrogens with two attached hydrogens (primary N) is 1. The number of carbonyl (C=O) groups excluding carboxylic acids is 1. The van der Waals surface area contributed by atoms with E-state index in [0.717, 1.165) is 4.48 Å². The van der Waals surface area contributed by atoms with Crippen molar-refractivity contribution in [3.63, 3.8) is 0 Å². The summed E-state index contributed by atoms with van der Waals surface area (Å²) in [4.78, 5) is 15.3. The third-order valence-corrected chi connectivity index (χ3v) is 1.60. The molecule has 2 N–H and O–H groups in total. The van der Waals surface area contributed by atoms with Gasteiger partial charge in [0.15, 0.2) is 0 Å². The summed E-state index contributed by atoms with van der Waals surface area (Å²) in [6.45, 7) is 6.99. The topological polar surface area (TPSA) is 61.5 Å². The molecule has 15 heavy (non-hydrogen) atoms. The van der Waals surface area contributed by atoms with E-state index in [-0.39, 0.29) is 6.79 Å². The molecule has 0 fully saturated rings. The molecule has 4 nitrogen and oxygen atoms in total. The van der Waals surface area contributed by atoms with E-state index in [0.29, 0.717) is 11.1 Å².